The van der Waals surface area contributed by atoms with E-state index in [1.807, 2.05) is 26.0 Å². The van der Waals surface area contributed by atoms with Crippen LogP contribution in [-0.2, 0) is 28.6 Å². The largest absolute Gasteiger partial charge is 0.462 e. The van der Waals surface area contributed by atoms with E-state index in [1.165, 1.54) is 70.8 Å². The first-order valence-electron chi connectivity index (χ1n) is 24.4. The van der Waals surface area contributed by atoms with Gasteiger partial charge in [0.25, 0.3) is 0 Å². The molecule has 7 nitrogen and oxygen atoms in total. The summed E-state index contributed by atoms with van der Waals surface area (Å²) in [6.07, 6.45) is 36.9. The second-order valence-corrected chi connectivity index (χ2v) is 19.0. The highest BCUT2D eigenvalue weighted by molar-refractivity contribution is 5.76. The second-order valence-electron chi connectivity index (χ2n) is 19.0. The summed E-state index contributed by atoms with van der Waals surface area (Å²) in [7, 11) is 2.05. The van der Waals surface area contributed by atoms with Gasteiger partial charge >= 0.3 is 17.9 Å². The summed E-state index contributed by atoms with van der Waals surface area (Å²) in [5.74, 6) is 2.26. The van der Waals surface area contributed by atoms with Crippen LogP contribution < -0.4 is 5.32 Å². The van der Waals surface area contributed by atoms with Crippen LogP contribution in [0.3, 0.4) is 0 Å². The van der Waals surface area contributed by atoms with E-state index in [4.69, 9.17) is 14.2 Å². The molecular weight excluding hydrogens is 723 g/mol. The number of carbonyl (C=O) groups is 3. The normalized spacial score (nSPS) is 18.6. The second kappa shape index (κ2) is 33.6. The van der Waals surface area contributed by atoms with Gasteiger partial charge in [-0.3, -0.25) is 14.4 Å². The maximum Gasteiger partial charge on any atom is 0.311 e. The van der Waals surface area contributed by atoms with Crippen LogP contribution in [0.15, 0.2) is 24.3 Å². The van der Waals surface area contributed by atoms with E-state index in [2.05, 4.69) is 59.1 Å². The Morgan fingerprint density at radius 3 is 1.57 bits per heavy atom. The van der Waals surface area contributed by atoms with E-state index in [0.717, 1.165) is 114 Å². The smallest absolute Gasteiger partial charge is 0.311 e. The molecule has 2 rings (SSSR count). The molecule has 0 aliphatic heterocycles. The Balaban J connectivity index is 0.00000161. The topological polar surface area (TPSA) is 90.9 Å². The number of hydrogen-bond acceptors (Lipinski definition) is 7. The van der Waals surface area contributed by atoms with Crippen LogP contribution in [0.1, 0.15) is 222 Å². The average Bonchev–Trinajstić information content (AvgIpc) is 3.73. The molecule has 0 heterocycles. The molecule has 3 unspecified atom stereocenters. The third kappa shape index (κ3) is 26.8. The Labute approximate surface area is 358 Å². The van der Waals surface area contributed by atoms with Crippen LogP contribution >= 0.6 is 0 Å². The lowest BCUT2D eigenvalue weighted by atomic mass is 9.74. The van der Waals surface area contributed by atoms with Crippen molar-refractivity contribution in [3.05, 3.63) is 24.3 Å². The van der Waals surface area contributed by atoms with Crippen LogP contribution in [0.25, 0.3) is 0 Å². The van der Waals surface area contributed by atoms with Gasteiger partial charge in [0.15, 0.2) is 0 Å². The van der Waals surface area contributed by atoms with E-state index in [0.29, 0.717) is 32.0 Å². The minimum Gasteiger partial charge on any atom is -0.462 e. The Kier molecular flexibility index (Phi) is 31.2. The molecule has 0 radical (unpaired) electrons. The van der Waals surface area contributed by atoms with Gasteiger partial charge in [0, 0.05) is 12.8 Å². The zero-order valence-corrected chi connectivity index (χ0v) is 39.3. The van der Waals surface area contributed by atoms with Gasteiger partial charge in [-0.1, -0.05) is 136 Å². The molecule has 0 bridgehead atoms. The van der Waals surface area contributed by atoms with Crippen molar-refractivity contribution in [3.8, 4) is 0 Å². The van der Waals surface area contributed by atoms with Crippen molar-refractivity contribution in [1.29, 1.82) is 0 Å². The Hall–Kier alpha value is -2.15. The molecule has 7 heteroatoms. The first kappa shape index (κ1) is 53.9. The first-order chi connectivity index (χ1) is 27.9. The average molecular weight is 816 g/mol. The molecule has 58 heavy (non-hydrogen) atoms. The van der Waals surface area contributed by atoms with Gasteiger partial charge in [0.2, 0.25) is 0 Å². The highest BCUT2D eigenvalue weighted by Gasteiger charge is 2.63. The lowest BCUT2D eigenvalue weighted by Crippen LogP contribution is -2.33. The van der Waals surface area contributed by atoms with Crippen LogP contribution in [0, 0.1) is 28.6 Å². The molecule has 3 atom stereocenters. The van der Waals surface area contributed by atoms with E-state index in [-0.39, 0.29) is 24.0 Å². The fourth-order valence-electron chi connectivity index (χ4n) is 8.54. The molecule has 0 amide bonds. The number of esters is 3. The molecule has 0 saturated heterocycles. The molecule has 2 aliphatic carbocycles. The molecule has 2 saturated carbocycles. The Morgan fingerprint density at radius 2 is 1.16 bits per heavy atom. The van der Waals surface area contributed by atoms with Crippen molar-refractivity contribution >= 4 is 17.9 Å². The van der Waals surface area contributed by atoms with Crippen LogP contribution in [0.2, 0.25) is 0 Å². The monoisotopic (exact) mass is 816 g/mol. The maximum atomic E-state index is 13.1. The van der Waals surface area contributed by atoms with E-state index in [9.17, 15) is 14.4 Å². The van der Waals surface area contributed by atoms with E-state index < -0.39 is 5.41 Å². The first-order valence-corrected chi connectivity index (χ1v) is 24.4. The summed E-state index contributed by atoms with van der Waals surface area (Å²) in [5.41, 5.74) is 0.313. The number of allylic oxidation sites excluding steroid dienone is 2. The third-order valence-corrected chi connectivity index (χ3v) is 12.4. The predicted molar refractivity (Wildman–Crippen MR) is 244 cm³/mol. The number of carbonyl (C=O) groups excluding carboxylic acids is 3. The highest BCUT2D eigenvalue weighted by Crippen LogP contribution is 2.70. The van der Waals surface area contributed by atoms with Gasteiger partial charge < -0.3 is 19.5 Å². The summed E-state index contributed by atoms with van der Waals surface area (Å²) in [5, 5.41) is 3.25. The van der Waals surface area contributed by atoms with Crippen molar-refractivity contribution < 1.29 is 28.6 Å². The molecule has 0 aromatic rings. The number of unbranched alkanes of at least 4 members (excludes halogenated alkanes) is 16. The third-order valence-electron chi connectivity index (χ3n) is 12.4. The lowest BCUT2D eigenvalue weighted by Gasteiger charge is -2.33. The Bertz CT molecular complexity index is 1060. The molecular formula is C51H93NO6. The Morgan fingerprint density at radius 1 is 0.690 bits per heavy atom. The van der Waals surface area contributed by atoms with Crippen molar-refractivity contribution in [2.45, 2.75) is 228 Å². The minimum atomic E-state index is -0.482. The molecule has 0 aromatic heterocycles. The molecule has 338 valence electrons. The van der Waals surface area contributed by atoms with E-state index >= 15 is 0 Å². The fraction of sp³-hybridized carbons (Fsp3) is 0.863. The van der Waals surface area contributed by atoms with Crippen molar-refractivity contribution in [2.24, 2.45) is 28.6 Å². The van der Waals surface area contributed by atoms with Crippen LogP contribution in [0.5, 0.6) is 0 Å². The standard InChI is InChI=1S/C43H78O6.C8H15N/c1-7-9-11-13-15-23-29-35-47-40(44)33-27-21-17-19-25-31-39(49-42(46)43(5,6)37-38(3)4)32-26-20-18-22-28-34-41(45)48-36-30-24-16-14-12-10-8-2;1-8-4-6(8)3-7(8)5-9-2/h23-24,29-30,38-39H,7-22,25-28,31-37H2,1-6H3;6-7,9H,3-5H2,1-2H3/b29-23-,30-24-;. The highest BCUT2D eigenvalue weighted by atomic mass is 16.5. The predicted octanol–water partition coefficient (Wildman–Crippen LogP) is 13.8. The number of nitrogens with one attached hydrogen (secondary N) is 1. The van der Waals surface area contributed by atoms with Gasteiger partial charge in [-0.2, -0.15) is 0 Å². The number of fused-ring (bicyclic) bond motifs is 1. The summed E-state index contributed by atoms with van der Waals surface area (Å²) in [4.78, 5) is 37.1. The zero-order valence-electron chi connectivity index (χ0n) is 39.3. The van der Waals surface area contributed by atoms with Crippen molar-refractivity contribution in [3.63, 3.8) is 0 Å². The maximum absolute atomic E-state index is 13.1. The number of ether oxygens (including phenoxy) is 3. The molecule has 0 aromatic carbocycles. The summed E-state index contributed by atoms with van der Waals surface area (Å²) in [6, 6.07) is 0. The van der Waals surface area contributed by atoms with Crippen LogP contribution in [-0.4, -0.2) is 50.8 Å². The van der Waals surface area contributed by atoms with Gasteiger partial charge in [-0.05, 0) is 134 Å². The van der Waals surface area contributed by atoms with Gasteiger partial charge in [0.05, 0.1) is 5.41 Å². The summed E-state index contributed by atoms with van der Waals surface area (Å²) < 4.78 is 16.8. The SMILES string of the molecule is CCCCCC/C=C\COC(=O)CCCCCCCC(CCCCCCCC(=O)OC/C=C\CCCCCC)OC(=O)C(C)(C)CC(C)C.CNCC1CC2CC12C. The minimum absolute atomic E-state index is 0.0525. The summed E-state index contributed by atoms with van der Waals surface area (Å²) in [6.45, 7) is 17.2. The molecule has 2 aliphatic rings. The van der Waals surface area contributed by atoms with Gasteiger partial charge in [-0.15, -0.1) is 0 Å². The number of hydrogen-bond donors (Lipinski definition) is 1. The van der Waals surface area contributed by atoms with Crippen molar-refractivity contribution in [1.82, 2.24) is 5.32 Å². The van der Waals surface area contributed by atoms with E-state index in [1.54, 1.807) is 0 Å². The zero-order chi connectivity index (χ0) is 42.9. The lowest BCUT2D eigenvalue weighted by molar-refractivity contribution is -0.161. The summed E-state index contributed by atoms with van der Waals surface area (Å²) >= 11 is 0. The van der Waals surface area contributed by atoms with Crippen molar-refractivity contribution in [2.75, 3.05) is 26.8 Å². The molecule has 2 fully saturated rings. The molecule has 1 N–H and O–H groups in total. The van der Waals surface area contributed by atoms with Gasteiger partial charge in [-0.25, -0.2) is 0 Å². The fourth-order valence-corrected chi connectivity index (χ4v) is 8.54. The van der Waals surface area contributed by atoms with Gasteiger partial charge in [0.1, 0.15) is 19.3 Å². The quantitative estimate of drug-likeness (QED) is 0.0291. The number of rotatable bonds is 36. The molecule has 0 spiro atoms. The van der Waals surface area contributed by atoms with Crippen LogP contribution in [0.4, 0.5) is 0 Å².